The lowest BCUT2D eigenvalue weighted by Gasteiger charge is -2.46. The van der Waals surface area contributed by atoms with Gasteiger partial charge in [0.1, 0.15) is 0 Å². The first-order valence-electron chi connectivity index (χ1n) is 12.8. The van der Waals surface area contributed by atoms with Gasteiger partial charge in [0.2, 0.25) is 8.32 Å². The number of rotatable bonds is 7. The van der Waals surface area contributed by atoms with E-state index in [4.69, 9.17) is 4.12 Å². The third-order valence-corrected chi connectivity index (χ3v) is 18.2. The second-order valence-electron chi connectivity index (χ2n) is 10.2. The molecule has 0 aromatic heterocycles. The summed E-state index contributed by atoms with van der Waals surface area (Å²) in [5.41, 5.74) is 0.586. The molecule has 4 aromatic rings. The van der Waals surface area contributed by atoms with Crippen LogP contribution >= 0.6 is 0 Å². The molecular weight excluding hydrogens is 457 g/mol. The lowest BCUT2D eigenvalue weighted by molar-refractivity contribution is 0.518. The van der Waals surface area contributed by atoms with E-state index >= 15 is 0 Å². The molecule has 1 fully saturated rings. The lowest BCUT2D eigenvalue weighted by atomic mass is 10.1. The van der Waals surface area contributed by atoms with E-state index in [1.807, 2.05) is 0 Å². The summed E-state index contributed by atoms with van der Waals surface area (Å²) in [5.74, 6) is 1.34. The summed E-state index contributed by atoms with van der Waals surface area (Å²) in [5, 5.41) is 5.40. The van der Waals surface area contributed by atoms with Crippen molar-refractivity contribution in [1.82, 2.24) is 0 Å². The SMILES string of the molecule is C[Si](O[Si](c1ccccc1)(c1ccccc1)c1ccccc1)(c1ccccc1)C1CC2C=CC1C2. The largest absolute Gasteiger partial charge is 0.442 e. The zero-order valence-electron chi connectivity index (χ0n) is 20.3. The maximum absolute atomic E-state index is 8.05. The van der Waals surface area contributed by atoms with Crippen molar-refractivity contribution in [2.24, 2.45) is 11.8 Å². The molecule has 0 radical (unpaired) electrons. The Morgan fingerprint density at radius 2 is 0.971 bits per heavy atom. The first-order chi connectivity index (χ1) is 17.2. The van der Waals surface area contributed by atoms with Crippen LogP contribution in [0.15, 0.2) is 133 Å². The van der Waals surface area contributed by atoms with Crippen molar-refractivity contribution in [3.05, 3.63) is 133 Å². The van der Waals surface area contributed by atoms with E-state index < -0.39 is 16.6 Å². The van der Waals surface area contributed by atoms with Crippen molar-refractivity contribution in [3.63, 3.8) is 0 Å². The molecule has 0 spiro atoms. The fraction of sp³-hybridized carbons (Fsp3) is 0.188. The third kappa shape index (κ3) is 3.88. The van der Waals surface area contributed by atoms with Gasteiger partial charge in [-0.3, -0.25) is 0 Å². The van der Waals surface area contributed by atoms with E-state index in [1.165, 1.54) is 33.6 Å². The van der Waals surface area contributed by atoms with Crippen molar-refractivity contribution in [2.45, 2.75) is 24.9 Å². The Balaban J connectivity index is 1.61. The molecular formula is C32H32OSi2. The topological polar surface area (TPSA) is 9.23 Å². The maximum Gasteiger partial charge on any atom is 0.278 e. The van der Waals surface area contributed by atoms with Crippen molar-refractivity contribution in [1.29, 1.82) is 0 Å². The molecule has 6 rings (SSSR count). The summed E-state index contributed by atoms with van der Waals surface area (Å²) >= 11 is 0. The first kappa shape index (κ1) is 22.5. The standard InChI is InChI=1S/C32H32OSi2/c1-34(28-14-6-2-7-15-28,32-25-26-22-23-27(32)24-26)33-35(29-16-8-3-9-17-29,30-18-10-4-11-19-30)31-20-12-5-13-21-31/h2-23,26-27,32H,24-25H2,1H3. The quantitative estimate of drug-likeness (QED) is 0.199. The molecule has 2 aliphatic carbocycles. The zero-order valence-corrected chi connectivity index (χ0v) is 22.3. The Labute approximate surface area is 211 Å². The molecule has 0 N–H and O–H groups in total. The fourth-order valence-electron chi connectivity index (χ4n) is 6.55. The predicted octanol–water partition coefficient (Wildman–Crippen LogP) is 5.12. The van der Waals surface area contributed by atoms with E-state index in [-0.39, 0.29) is 0 Å². The van der Waals surface area contributed by atoms with Crippen LogP contribution in [0.3, 0.4) is 0 Å². The van der Waals surface area contributed by atoms with Gasteiger partial charge in [0.05, 0.1) is 0 Å². The van der Waals surface area contributed by atoms with Crippen LogP contribution in [0.25, 0.3) is 0 Å². The highest BCUT2D eigenvalue weighted by Crippen LogP contribution is 2.52. The predicted molar refractivity (Wildman–Crippen MR) is 152 cm³/mol. The van der Waals surface area contributed by atoms with Crippen LogP contribution in [0.1, 0.15) is 12.8 Å². The second kappa shape index (κ2) is 9.23. The number of fused-ring (bicyclic) bond motifs is 2. The molecule has 4 aromatic carbocycles. The third-order valence-electron chi connectivity index (χ3n) is 8.24. The van der Waals surface area contributed by atoms with Crippen LogP contribution < -0.4 is 20.7 Å². The Kier molecular flexibility index (Phi) is 5.93. The van der Waals surface area contributed by atoms with Gasteiger partial charge in [-0.1, -0.05) is 133 Å². The van der Waals surface area contributed by atoms with Gasteiger partial charge >= 0.3 is 0 Å². The fourth-order valence-corrected chi connectivity index (χ4v) is 17.7. The summed E-state index contributed by atoms with van der Waals surface area (Å²) < 4.78 is 8.05. The number of benzene rings is 4. The lowest BCUT2D eigenvalue weighted by Crippen LogP contribution is -2.75. The summed E-state index contributed by atoms with van der Waals surface area (Å²) in [4.78, 5) is 0. The van der Waals surface area contributed by atoms with Crippen LogP contribution in [0, 0.1) is 11.8 Å². The molecule has 0 aliphatic heterocycles. The Morgan fingerprint density at radius 3 is 1.34 bits per heavy atom. The molecule has 1 nitrogen and oxygen atoms in total. The van der Waals surface area contributed by atoms with Gasteiger partial charge < -0.3 is 4.12 Å². The average molecular weight is 489 g/mol. The van der Waals surface area contributed by atoms with Crippen molar-refractivity contribution >= 4 is 37.4 Å². The monoisotopic (exact) mass is 488 g/mol. The van der Waals surface area contributed by atoms with Crippen molar-refractivity contribution in [3.8, 4) is 0 Å². The van der Waals surface area contributed by atoms with Gasteiger partial charge in [-0.15, -0.1) is 0 Å². The van der Waals surface area contributed by atoms with Crippen molar-refractivity contribution in [2.75, 3.05) is 0 Å². The molecule has 4 unspecified atom stereocenters. The van der Waals surface area contributed by atoms with E-state index in [0.717, 1.165) is 0 Å². The summed E-state index contributed by atoms with van der Waals surface area (Å²) in [7, 11) is -5.22. The van der Waals surface area contributed by atoms with Gasteiger partial charge in [-0.25, -0.2) is 0 Å². The average Bonchev–Trinajstić information content (AvgIpc) is 3.58. The highest BCUT2D eigenvalue weighted by atomic mass is 28.4. The summed E-state index contributed by atoms with van der Waals surface area (Å²) in [6.45, 7) is 2.51. The van der Waals surface area contributed by atoms with Crippen LogP contribution in [0.2, 0.25) is 12.1 Å². The minimum absolute atomic E-state index is 0.586. The highest BCUT2D eigenvalue weighted by molar-refractivity contribution is 7.12. The van der Waals surface area contributed by atoms with Crippen LogP contribution in [-0.4, -0.2) is 16.6 Å². The van der Waals surface area contributed by atoms with Gasteiger partial charge in [-0.05, 0) is 57.5 Å². The molecule has 1 saturated carbocycles. The molecule has 174 valence electrons. The van der Waals surface area contributed by atoms with Gasteiger partial charge in [0.25, 0.3) is 8.32 Å². The number of hydrogen-bond donors (Lipinski definition) is 0. The van der Waals surface area contributed by atoms with E-state index in [1.54, 1.807) is 0 Å². The molecule has 0 amide bonds. The van der Waals surface area contributed by atoms with Gasteiger partial charge in [0, 0.05) is 0 Å². The first-order valence-corrected chi connectivity index (χ1v) is 17.2. The molecule has 3 heteroatoms. The van der Waals surface area contributed by atoms with Gasteiger partial charge in [0.15, 0.2) is 0 Å². The van der Waals surface area contributed by atoms with E-state index in [2.05, 4.69) is 140 Å². The van der Waals surface area contributed by atoms with Crippen LogP contribution in [0.4, 0.5) is 0 Å². The Hall–Kier alpha value is -2.99. The molecule has 2 aliphatic rings. The number of allylic oxidation sites excluding steroid dienone is 2. The van der Waals surface area contributed by atoms with E-state index in [0.29, 0.717) is 17.4 Å². The van der Waals surface area contributed by atoms with Crippen LogP contribution in [0.5, 0.6) is 0 Å². The normalized spacial score (nSPS) is 22.7. The van der Waals surface area contributed by atoms with Crippen LogP contribution in [-0.2, 0) is 4.12 Å². The smallest absolute Gasteiger partial charge is 0.278 e. The van der Waals surface area contributed by atoms with Crippen molar-refractivity contribution < 1.29 is 4.12 Å². The highest BCUT2D eigenvalue weighted by Gasteiger charge is 2.55. The minimum Gasteiger partial charge on any atom is -0.442 e. The number of hydrogen-bond acceptors (Lipinski definition) is 1. The maximum atomic E-state index is 8.05. The summed E-state index contributed by atoms with van der Waals surface area (Å²) in [6, 6.07) is 44.4. The molecule has 0 heterocycles. The molecule has 0 saturated heterocycles. The minimum atomic E-state index is -2.80. The Morgan fingerprint density at radius 1 is 0.543 bits per heavy atom. The second-order valence-corrected chi connectivity index (χ2v) is 17.7. The zero-order chi connectivity index (χ0) is 23.7. The molecule has 35 heavy (non-hydrogen) atoms. The van der Waals surface area contributed by atoms with E-state index in [9.17, 15) is 0 Å². The Bertz CT molecular complexity index is 1190. The molecule has 2 bridgehead atoms. The summed E-state index contributed by atoms with van der Waals surface area (Å²) in [6.07, 6.45) is 7.49. The van der Waals surface area contributed by atoms with Gasteiger partial charge in [-0.2, -0.15) is 0 Å². The molecule has 4 atom stereocenters.